The van der Waals surface area contributed by atoms with Gasteiger partial charge in [-0.15, -0.1) is 0 Å². The Morgan fingerprint density at radius 3 is 2.76 bits per heavy atom. The number of nitrogens with zero attached hydrogens (tertiary/aromatic N) is 4. The Bertz CT molecular complexity index is 1700. The maximum Gasteiger partial charge on any atom is 0.416 e. The van der Waals surface area contributed by atoms with Crippen LogP contribution in [0.2, 0.25) is 0 Å². The third-order valence-electron chi connectivity index (χ3n) is 6.99. The molecule has 192 valence electrons. The number of imidazole rings is 1. The first kappa shape index (κ1) is 24.2. The standard InChI is InChI=1S/C26H18BrF3N6O2/c27-19-2-1-13(7-17(19)25(38)35-5-6-36-15(12-35)11-33-21(36)10-31)23-16-3-4-32-24(37)18-8-14(26(28,29)30)9-20(34-23)22(16)18/h1-2,7-9,11,34H,3-6,12H2,(H,32,37). The van der Waals surface area contributed by atoms with Crippen LogP contribution in [0, 0.1) is 11.3 Å². The number of hydrogen-bond acceptors (Lipinski definition) is 4. The zero-order chi connectivity index (χ0) is 26.8. The SMILES string of the molecule is N#Cc1ncc2n1CCN(C(=O)c1cc(-c3[nH]c4cc(C(F)(F)F)cc5c4c3CCNC5=O)ccc1Br)C2. The number of aromatic amines is 1. The van der Waals surface area contributed by atoms with Crippen LogP contribution in [0.5, 0.6) is 0 Å². The van der Waals surface area contributed by atoms with Crippen LogP contribution in [0.1, 0.15) is 43.4 Å². The fourth-order valence-electron chi connectivity index (χ4n) is 5.20. The van der Waals surface area contributed by atoms with Crippen molar-refractivity contribution in [2.45, 2.75) is 25.7 Å². The van der Waals surface area contributed by atoms with Crippen molar-refractivity contribution >= 4 is 38.6 Å². The minimum Gasteiger partial charge on any atom is -0.354 e. The molecule has 0 spiro atoms. The van der Waals surface area contributed by atoms with Crippen molar-refractivity contribution in [3.63, 3.8) is 0 Å². The normalized spacial score (nSPS) is 15.1. The zero-order valence-corrected chi connectivity index (χ0v) is 21.2. The highest BCUT2D eigenvalue weighted by molar-refractivity contribution is 9.10. The molecule has 2 aromatic heterocycles. The van der Waals surface area contributed by atoms with Crippen molar-refractivity contribution in [1.29, 1.82) is 5.26 Å². The first-order chi connectivity index (χ1) is 18.2. The molecule has 2 aliphatic heterocycles. The number of alkyl halides is 3. The third-order valence-corrected chi connectivity index (χ3v) is 7.68. The second-order valence-corrected chi connectivity index (χ2v) is 10.0. The lowest BCUT2D eigenvalue weighted by atomic mass is 9.98. The summed E-state index contributed by atoms with van der Waals surface area (Å²) in [5.41, 5.74) is 2.32. The first-order valence-corrected chi connectivity index (χ1v) is 12.5. The number of halogens is 4. The molecule has 6 rings (SSSR count). The monoisotopic (exact) mass is 582 g/mol. The Balaban J connectivity index is 1.42. The number of nitrogens with one attached hydrogen (secondary N) is 2. The number of carbonyl (C=O) groups excluding carboxylic acids is 2. The van der Waals surface area contributed by atoms with E-state index in [1.807, 2.05) is 6.07 Å². The Hall–Kier alpha value is -4.11. The lowest BCUT2D eigenvalue weighted by Crippen LogP contribution is -2.38. The third kappa shape index (κ3) is 3.85. The molecule has 0 aliphatic carbocycles. The van der Waals surface area contributed by atoms with E-state index < -0.39 is 17.6 Å². The van der Waals surface area contributed by atoms with E-state index in [4.69, 9.17) is 0 Å². The predicted molar refractivity (Wildman–Crippen MR) is 134 cm³/mol. The number of benzene rings is 2. The van der Waals surface area contributed by atoms with Gasteiger partial charge < -0.3 is 19.8 Å². The van der Waals surface area contributed by atoms with E-state index in [0.29, 0.717) is 64.1 Å². The largest absolute Gasteiger partial charge is 0.416 e. The summed E-state index contributed by atoms with van der Waals surface area (Å²) in [5, 5.41) is 12.3. The summed E-state index contributed by atoms with van der Waals surface area (Å²) in [5.74, 6) is -0.482. The highest BCUT2D eigenvalue weighted by atomic mass is 79.9. The number of carbonyl (C=O) groups is 2. The van der Waals surface area contributed by atoms with Crippen LogP contribution < -0.4 is 5.32 Å². The molecule has 0 saturated heterocycles. The predicted octanol–water partition coefficient (Wildman–Crippen LogP) is 4.63. The summed E-state index contributed by atoms with van der Waals surface area (Å²) in [7, 11) is 0. The average molecular weight is 583 g/mol. The average Bonchev–Trinajstić information content (AvgIpc) is 3.43. The van der Waals surface area contributed by atoms with Crippen LogP contribution in [0.4, 0.5) is 13.2 Å². The molecule has 38 heavy (non-hydrogen) atoms. The summed E-state index contributed by atoms with van der Waals surface area (Å²) in [6.07, 6.45) is -2.61. The number of nitriles is 1. The topological polar surface area (TPSA) is 107 Å². The second-order valence-electron chi connectivity index (χ2n) is 9.19. The maximum absolute atomic E-state index is 13.6. The lowest BCUT2D eigenvalue weighted by Gasteiger charge is -2.29. The smallest absolute Gasteiger partial charge is 0.354 e. The maximum atomic E-state index is 13.6. The van der Waals surface area contributed by atoms with Gasteiger partial charge in [-0.3, -0.25) is 9.59 Å². The number of amides is 2. The number of hydrogen-bond donors (Lipinski definition) is 2. The van der Waals surface area contributed by atoms with Gasteiger partial charge in [-0.2, -0.15) is 18.4 Å². The molecule has 8 nitrogen and oxygen atoms in total. The Kier molecular flexibility index (Phi) is 5.57. The highest BCUT2D eigenvalue weighted by Crippen LogP contribution is 2.39. The van der Waals surface area contributed by atoms with Crippen molar-refractivity contribution in [3.05, 3.63) is 74.8 Å². The Morgan fingerprint density at radius 2 is 2.00 bits per heavy atom. The van der Waals surface area contributed by atoms with Crippen molar-refractivity contribution in [1.82, 2.24) is 24.8 Å². The molecule has 0 fully saturated rings. The summed E-state index contributed by atoms with van der Waals surface area (Å²) in [6, 6.07) is 9.15. The fourth-order valence-corrected chi connectivity index (χ4v) is 5.61. The van der Waals surface area contributed by atoms with E-state index in [2.05, 4.69) is 31.2 Å². The minimum absolute atomic E-state index is 0.0279. The molecule has 0 radical (unpaired) electrons. The van der Waals surface area contributed by atoms with Crippen LogP contribution in [0.15, 0.2) is 41.0 Å². The minimum atomic E-state index is -4.61. The van der Waals surface area contributed by atoms with Gasteiger partial charge >= 0.3 is 6.18 Å². The molecule has 2 aliphatic rings. The summed E-state index contributed by atoms with van der Waals surface area (Å²) >= 11 is 3.46. The summed E-state index contributed by atoms with van der Waals surface area (Å²) in [6.45, 7) is 1.39. The van der Waals surface area contributed by atoms with Gasteiger partial charge in [0.05, 0.1) is 29.6 Å². The molecule has 0 atom stereocenters. The fraction of sp³-hybridized carbons (Fsp3) is 0.231. The van der Waals surface area contributed by atoms with Gasteiger partial charge in [0.1, 0.15) is 6.07 Å². The zero-order valence-electron chi connectivity index (χ0n) is 19.6. The van der Waals surface area contributed by atoms with E-state index in [0.717, 1.165) is 17.8 Å². The molecule has 2 aromatic carbocycles. The van der Waals surface area contributed by atoms with Gasteiger partial charge in [-0.25, -0.2) is 4.98 Å². The molecule has 0 bridgehead atoms. The van der Waals surface area contributed by atoms with Crippen LogP contribution in [-0.4, -0.2) is 44.3 Å². The van der Waals surface area contributed by atoms with Gasteiger partial charge in [0, 0.05) is 46.3 Å². The van der Waals surface area contributed by atoms with Crippen molar-refractivity contribution in [2.75, 3.05) is 13.1 Å². The van der Waals surface area contributed by atoms with Crippen LogP contribution in [-0.2, 0) is 25.7 Å². The molecule has 4 heterocycles. The lowest BCUT2D eigenvalue weighted by molar-refractivity contribution is -0.137. The molecule has 0 unspecified atom stereocenters. The Morgan fingerprint density at radius 1 is 1.18 bits per heavy atom. The molecule has 4 aromatic rings. The molecule has 0 saturated carbocycles. The molecular weight excluding hydrogens is 565 g/mol. The van der Waals surface area contributed by atoms with Gasteiger partial charge in [-0.1, -0.05) is 6.07 Å². The van der Waals surface area contributed by atoms with E-state index >= 15 is 0 Å². The number of rotatable bonds is 2. The second kappa shape index (κ2) is 8.73. The first-order valence-electron chi connectivity index (χ1n) is 11.7. The van der Waals surface area contributed by atoms with Crippen molar-refractivity contribution < 1.29 is 22.8 Å². The highest BCUT2D eigenvalue weighted by Gasteiger charge is 2.34. The van der Waals surface area contributed by atoms with Gasteiger partial charge in [0.15, 0.2) is 0 Å². The van der Waals surface area contributed by atoms with E-state index in [-0.39, 0.29) is 23.5 Å². The van der Waals surface area contributed by atoms with Crippen LogP contribution in [0.3, 0.4) is 0 Å². The van der Waals surface area contributed by atoms with Crippen LogP contribution in [0.25, 0.3) is 22.2 Å². The Labute approximate surface area is 222 Å². The van der Waals surface area contributed by atoms with Crippen molar-refractivity contribution in [3.8, 4) is 17.3 Å². The molecule has 12 heteroatoms. The van der Waals surface area contributed by atoms with Gasteiger partial charge in [-0.05, 0) is 57.7 Å². The van der Waals surface area contributed by atoms with E-state index in [1.165, 1.54) is 0 Å². The van der Waals surface area contributed by atoms with E-state index in [9.17, 15) is 28.0 Å². The van der Waals surface area contributed by atoms with Gasteiger partial charge in [0.25, 0.3) is 11.8 Å². The number of aromatic nitrogens is 3. The van der Waals surface area contributed by atoms with Crippen molar-refractivity contribution in [2.24, 2.45) is 0 Å². The number of fused-ring (bicyclic) bond motifs is 1. The molecule has 2 N–H and O–H groups in total. The molecule has 2 amide bonds. The van der Waals surface area contributed by atoms with E-state index in [1.54, 1.807) is 33.9 Å². The molecular formula is C26H18BrF3N6O2. The summed E-state index contributed by atoms with van der Waals surface area (Å²) < 4.78 is 43.1. The number of H-pyrrole nitrogens is 1. The quantitative estimate of drug-likeness (QED) is 0.359. The van der Waals surface area contributed by atoms with Crippen LogP contribution >= 0.6 is 15.9 Å². The van der Waals surface area contributed by atoms with Gasteiger partial charge in [0.2, 0.25) is 5.82 Å². The summed E-state index contributed by atoms with van der Waals surface area (Å²) in [4.78, 5) is 35.0.